The zero-order chi connectivity index (χ0) is 12.4. The van der Waals surface area contributed by atoms with Gasteiger partial charge in [-0.15, -0.1) is 0 Å². The minimum Gasteiger partial charge on any atom is -0.462 e. The number of hydrogen-bond acceptors (Lipinski definition) is 4. The van der Waals surface area contributed by atoms with E-state index in [-0.39, 0.29) is 5.82 Å². The topological polar surface area (TPSA) is 65.2 Å². The summed E-state index contributed by atoms with van der Waals surface area (Å²) in [6.07, 6.45) is 0. The van der Waals surface area contributed by atoms with Gasteiger partial charge in [-0.2, -0.15) is 0 Å². The van der Waals surface area contributed by atoms with Gasteiger partial charge in [0.25, 0.3) is 0 Å². The third-order valence-electron chi connectivity index (χ3n) is 2.50. The van der Waals surface area contributed by atoms with E-state index in [1.54, 1.807) is 13.0 Å². The summed E-state index contributed by atoms with van der Waals surface area (Å²) in [4.78, 5) is 15.8. The minimum absolute atomic E-state index is 0.208. The number of benzene rings is 1. The summed E-state index contributed by atoms with van der Waals surface area (Å²) in [5.74, 6) is -0.222. The summed E-state index contributed by atoms with van der Waals surface area (Å²) in [6, 6.07) is 7.53. The average Bonchev–Trinajstić information content (AvgIpc) is 2.29. The molecule has 1 heterocycles. The number of pyridine rings is 1. The van der Waals surface area contributed by atoms with Crippen LogP contribution in [0.4, 0.5) is 5.82 Å². The van der Waals surface area contributed by atoms with Crippen LogP contribution < -0.4 is 5.73 Å². The summed E-state index contributed by atoms with van der Waals surface area (Å²) >= 11 is 0. The minimum atomic E-state index is -0.430. The average molecular weight is 230 g/mol. The number of nitrogen functional groups attached to an aromatic ring is 1. The van der Waals surface area contributed by atoms with Crippen LogP contribution >= 0.6 is 0 Å². The van der Waals surface area contributed by atoms with E-state index in [1.807, 2.05) is 25.1 Å². The highest BCUT2D eigenvalue weighted by Crippen LogP contribution is 2.20. The van der Waals surface area contributed by atoms with Crippen molar-refractivity contribution in [1.29, 1.82) is 0 Å². The molecule has 0 fully saturated rings. The van der Waals surface area contributed by atoms with Crippen LogP contribution in [0, 0.1) is 6.92 Å². The number of carbonyl (C=O) groups is 1. The van der Waals surface area contributed by atoms with Crippen molar-refractivity contribution in [3.05, 3.63) is 35.4 Å². The number of esters is 1. The molecule has 0 atom stereocenters. The summed E-state index contributed by atoms with van der Waals surface area (Å²) < 4.78 is 4.93. The molecule has 0 spiro atoms. The predicted octanol–water partition coefficient (Wildman–Crippen LogP) is 2.30. The zero-order valence-corrected chi connectivity index (χ0v) is 9.86. The van der Waals surface area contributed by atoms with Gasteiger partial charge in [-0.25, -0.2) is 9.78 Å². The van der Waals surface area contributed by atoms with E-state index < -0.39 is 5.97 Å². The smallest absolute Gasteiger partial charge is 0.341 e. The van der Waals surface area contributed by atoms with Crippen LogP contribution in [-0.4, -0.2) is 17.6 Å². The van der Waals surface area contributed by atoms with Crippen LogP contribution in [0.2, 0.25) is 0 Å². The molecule has 1 aromatic heterocycles. The molecular formula is C13H14N2O2. The molecule has 1 aromatic carbocycles. The molecule has 4 heteroatoms. The van der Waals surface area contributed by atoms with Crippen molar-refractivity contribution in [3.63, 3.8) is 0 Å². The SMILES string of the molecule is CCOC(=O)c1cc2cc(C)ccc2nc1N. The van der Waals surface area contributed by atoms with Crippen molar-refractivity contribution in [1.82, 2.24) is 4.98 Å². The zero-order valence-electron chi connectivity index (χ0n) is 9.86. The third-order valence-corrected chi connectivity index (χ3v) is 2.50. The first-order valence-corrected chi connectivity index (χ1v) is 5.46. The van der Waals surface area contributed by atoms with Crippen molar-refractivity contribution in [2.24, 2.45) is 0 Å². The Kier molecular flexibility index (Phi) is 2.95. The maximum Gasteiger partial charge on any atom is 0.341 e. The van der Waals surface area contributed by atoms with Crippen LogP contribution in [0.15, 0.2) is 24.3 Å². The normalized spacial score (nSPS) is 10.5. The highest BCUT2D eigenvalue weighted by Gasteiger charge is 2.13. The first-order valence-electron chi connectivity index (χ1n) is 5.46. The molecule has 0 aliphatic heterocycles. The van der Waals surface area contributed by atoms with E-state index in [4.69, 9.17) is 10.5 Å². The summed E-state index contributed by atoms with van der Waals surface area (Å²) in [5.41, 5.74) is 7.96. The molecule has 17 heavy (non-hydrogen) atoms. The van der Waals surface area contributed by atoms with Crippen molar-refractivity contribution >= 4 is 22.7 Å². The molecule has 88 valence electrons. The Balaban J connectivity index is 2.57. The van der Waals surface area contributed by atoms with Gasteiger partial charge in [-0.05, 0) is 32.0 Å². The third kappa shape index (κ3) is 2.20. The van der Waals surface area contributed by atoms with Gasteiger partial charge >= 0.3 is 5.97 Å². The lowest BCUT2D eigenvalue weighted by Crippen LogP contribution is -2.09. The second kappa shape index (κ2) is 4.41. The fraction of sp³-hybridized carbons (Fsp3) is 0.231. The van der Waals surface area contributed by atoms with E-state index in [1.165, 1.54) is 0 Å². The van der Waals surface area contributed by atoms with Crippen molar-refractivity contribution in [2.45, 2.75) is 13.8 Å². The monoisotopic (exact) mass is 230 g/mol. The Bertz CT molecular complexity index is 579. The Morgan fingerprint density at radius 2 is 2.18 bits per heavy atom. The highest BCUT2D eigenvalue weighted by atomic mass is 16.5. The lowest BCUT2D eigenvalue weighted by molar-refractivity contribution is 0.0527. The molecule has 0 aliphatic carbocycles. The van der Waals surface area contributed by atoms with Gasteiger partial charge in [0.2, 0.25) is 0 Å². The van der Waals surface area contributed by atoms with Crippen molar-refractivity contribution in [2.75, 3.05) is 12.3 Å². The number of carbonyl (C=O) groups excluding carboxylic acids is 1. The highest BCUT2D eigenvalue weighted by molar-refractivity contribution is 5.98. The first-order chi connectivity index (χ1) is 8.11. The quantitative estimate of drug-likeness (QED) is 0.804. The molecule has 0 bridgehead atoms. The van der Waals surface area contributed by atoms with E-state index in [0.29, 0.717) is 12.2 Å². The summed E-state index contributed by atoms with van der Waals surface area (Å²) in [7, 11) is 0. The number of fused-ring (bicyclic) bond motifs is 1. The molecule has 0 saturated heterocycles. The summed E-state index contributed by atoms with van der Waals surface area (Å²) in [6.45, 7) is 4.07. The number of ether oxygens (including phenoxy) is 1. The predicted molar refractivity (Wildman–Crippen MR) is 66.8 cm³/mol. The van der Waals surface area contributed by atoms with Gasteiger partial charge < -0.3 is 10.5 Å². The summed E-state index contributed by atoms with van der Waals surface area (Å²) in [5, 5.41) is 0.891. The Morgan fingerprint density at radius 3 is 2.88 bits per heavy atom. The standard InChI is InChI=1S/C13H14N2O2/c1-3-17-13(16)10-7-9-6-8(2)4-5-11(9)15-12(10)14/h4-7H,3H2,1-2H3,(H2,14,15). The van der Waals surface area contributed by atoms with E-state index >= 15 is 0 Å². The van der Waals surface area contributed by atoms with Crippen LogP contribution in [0.1, 0.15) is 22.8 Å². The molecule has 0 unspecified atom stereocenters. The van der Waals surface area contributed by atoms with Crippen LogP contribution in [0.5, 0.6) is 0 Å². The second-order valence-electron chi connectivity index (χ2n) is 3.84. The van der Waals surface area contributed by atoms with Crippen LogP contribution in [-0.2, 0) is 4.74 Å². The molecule has 2 rings (SSSR count). The fourth-order valence-electron chi connectivity index (χ4n) is 1.68. The Labute approximate surface area is 99.4 Å². The molecule has 2 N–H and O–H groups in total. The van der Waals surface area contributed by atoms with Gasteiger partial charge in [-0.1, -0.05) is 11.6 Å². The number of nitrogens with zero attached hydrogens (tertiary/aromatic N) is 1. The molecule has 2 aromatic rings. The van der Waals surface area contributed by atoms with Crippen LogP contribution in [0.3, 0.4) is 0 Å². The Morgan fingerprint density at radius 1 is 1.41 bits per heavy atom. The molecule has 0 radical (unpaired) electrons. The second-order valence-corrected chi connectivity index (χ2v) is 3.84. The number of anilines is 1. The van der Waals surface area contributed by atoms with Gasteiger partial charge in [0.1, 0.15) is 11.4 Å². The molecule has 0 saturated carbocycles. The molecular weight excluding hydrogens is 216 g/mol. The molecule has 0 aliphatic rings. The maximum atomic E-state index is 11.7. The number of aromatic nitrogens is 1. The van der Waals surface area contributed by atoms with Crippen LogP contribution in [0.25, 0.3) is 10.9 Å². The molecule has 4 nitrogen and oxygen atoms in total. The van der Waals surface area contributed by atoms with Gasteiger partial charge in [-0.3, -0.25) is 0 Å². The lowest BCUT2D eigenvalue weighted by Gasteiger charge is -2.07. The first kappa shape index (κ1) is 11.4. The van der Waals surface area contributed by atoms with Gasteiger partial charge in [0, 0.05) is 5.39 Å². The Hall–Kier alpha value is -2.10. The lowest BCUT2D eigenvalue weighted by atomic mass is 10.1. The van der Waals surface area contributed by atoms with E-state index in [0.717, 1.165) is 16.5 Å². The van der Waals surface area contributed by atoms with E-state index in [2.05, 4.69) is 4.98 Å². The number of rotatable bonds is 2. The number of hydrogen-bond donors (Lipinski definition) is 1. The largest absolute Gasteiger partial charge is 0.462 e. The van der Waals surface area contributed by atoms with Crippen molar-refractivity contribution < 1.29 is 9.53 Å². The van der Waals surface area contributed by atoms with Gasteiger partial charge in [0.15, 0.2) is 0 Å². The van der Waals surface area contributed by atoms with Crippen molar-refractivity contribution in [3.8, 4) is 0 Å². The maximum absolute atomic E-state index is 11.7. The molecule has 0 amide bonds. The van der Waals surface area contributed by atoms with E-state index in [9.17, 15) is 4.79 Å². The van der Waals surface area contributed by atoms with Gasteiger partial charge in [0.05, 0.1) is 12.1 Å². The number of aryl methyl sites for hydroxylation is 1. The number of nitrogens with two attached hydrogens (primary N) is 1. The fourth-order valence-corrected chi connectivity index (χ4v) is 1.68.